The van der Waals surface area contributed by atoms with Gasteiger partial charge in [-0.15, -0.1) is 0 Å². The lowest BCUT2D eigenvalue weighted by Crippen LogP contribution is -2.48. The number of fused-ring (bicyclic) bond motifs is 1. The highest BCUT2D eigenvalue weighted by Crippen LogP contribution is 2.40. The Bertz CT molecular complexity index is 374. The number of carbonyl (C=O) groups excluding carboxylic acids is 1. The molecule has 19 heavy (non-hydrogen) atoms. The molecule has 2 rings (SSSR count). The SMILES string of the molecule is CC(C)(C)OC(=O)N1C(C(=O)O)C[C@H]2CCCC[C@H]21. The number of hydrogen-bond donors (Lipinski definition) is 1. The van der Waals surface area contributed by atoms with E-state index in [-0.39, 0.29) is 6.04 Å². The molecule has 5 heteroatoms. The van der Waals surface area contributed by atoms with Crippen LogP contribution in [0.25, 0.3) is 0 Å². The van der Waals surface area contributed by atoms with E-state index in [9.17, 15) is 14.7 Å². The van der Waals surface area contributed by atoms with Gasteiger partial charge in [-0.3, -0.25) is 4.90 Å². The van der Waals surface area contributed by atoms with E-state index in [0.29, 0.717) is 12.3 Å². The van der Waals surface area contributed by atoms with Crippen LogP contribution in [-0.2, 0) is 9.53 Å². The zero-order valence-electron chi connectivity index (χ0n) is 11.9. The Hall–Kier alpha value is -1.26. The number of rotatable bonds is 1. The van der Waals surface area contributed by atoms with Crippen molar-refractivity contribution in [3.05, 3.63) is 0 Å². The maximum absolute atomic E-state index is 12.3. The van der Waals surface area contributed by atoms with Crippen LogP contribution >= 0.6 is 0 Å². The number of amides is 1. The predicted octanol–water partition coefficient (Wildman–Crippen LogP) is 2.64. The number of hydrogen-bond acceptors (Lipinski definition) is 3. The summed E-state index contributed by atoms with van der Waals surface area (Å²) in [5, 5.41) is 9.33. The maximum Gasteiger partial charge on any atom is 0.411 e. The van der Waals surface area contributed by atoms with Crippen molar-refractivity contribution in [2.45, 2.75) is 70.6 Å². The molecule has 3 atom stereocenters. The van der Waals surface area contributed by atoms with Crippen molar-refractivity contribution in [3.63, 3.8) is 0 Å². The summed E-state index contributed by atoms with van der Waals surface area (Å²) >= 11 is 0. The Morgan fingerprint density at radius 1 is 1.21 bits per heavy atom. The van der Waals surface area contributed by atoms with Crippen LogP contribution in [0.1, 0.15) is 52.9 Å². The number of nitrogens with zero attached hydrogens (tertiary/aromatic N) is 1. The Labute approximate surface area is 113 Å². The van der Waals surface area contributed by atoms with E-state index in [1.54, 1.807) is 20.8 Å². The molecule has 0 radical (unpaired) electrons. The summed E-state index contributed by atoms with van der Waals surface area (Å²) in [6.45, 7) is 5.40. The van der Waals surface area contributed by atoms with E-state index >= 15 is 0 Å². The highest BCUT2D eigenvalue weighted by molar-refractivity contribution is 5.81. The molecule has 5 nitrogen and oxygen atoms in total. The highest BCUT2D eigenvalue weighted by Gasteiger charge is 2.48. The normalized spacial score (nSPS) is 30.9. The Morgan fingerprint density at radius 2 is 1.84 bits per heavy atom. The fraction of sp³-hybridized carbons (Fsp3) is 0.857. The van der Waals surface area contributed by atoms with Crippen LogP contribution in [0.3, 0.4) is 0 Å². The summed E-state index contributed by atoms with van der Waals surface area (Å²) in [5.41, 5.74) is -0.590. The summed E-state index contributed by atoms with van der Waals surface area (Å²) in [5.74, 6) is -0.595. The van der Waals surface area contributed by atoms with Crippen molar-refractivity contribution in [2.75, 3.05) is 0 Å². The molecule has 1 saturated carbocycles. The number of carboxylic acid groups (broad SMARTS) is 1. The van der Waals surface area contributed by atoms with Gasteiger partial charge in [0.15, 0.2) is 0 Å². The molecular formula is C14H23NO4. The molecular weight excluding hydrogens is 246 g/mol. The Kier molecular flexibility index (Phi) is 3.74. The molecule has 1 heterocycles. The van der Waals surface area contributed by atoms with E-state index in [2.05, 4.69) is 0 Å². The average molecular weight is 269 g/mol. The number of likely N-dealkylation sites (tertiary alicyclic amines) is 1. The number of ether oxygens (including phenoxy) is 1. The van der Waals surface area contributed by atoms with Gasteiger partial charge >= 0.3 is 12.1 Å². The second-order valence-electron chi connectivity index (χ2n) is 6.59. The maximum atomic E-state index is 12.3. The molecule has 0 spiro atoms. The molecule has 2 fully saturated rings. The molecule has 0 aromatic carbocycles. The van der Waals surface area contributed by atoms with Gasteiger partial charge in [0, 0.05) is 6.04 Å². The average Bonchev–Trinajstić information content (AvgIpc) is 2.65. The molecule has 1 N–H and O–H groups in total. The molecule has 2 aliphatic rings. The molecule has 0 aromatic rings. The molecule has 1 aliphatic carbocycles. The summed E-state index contributed by atoms with van der Waals surface area (Å²) in [6.07, 6.45) is 4.21. The third kappa shape index (κ3) is 3.01. The van der Waals surface area contributed by atoms with Gasteiger partial charge in [-0.05, 0) is 46.0 Å². The van der Waals surface area contributed by atoms with E-state index in [4.69, 9.17) is 4.74 Å². The highest BCUT2D eigenvalue weighted by atomic mass is 16.6. The summed E-state index contributed by atoms with van der Waals surface area (Å²) < 4.78 is 5.37. The zero-order valence-corrected chi connectivity index (χ0v) is 11.9. The lowest BCUT2D eigenvalue weighted by Gasteiger charge is -2.34. The van der Waals surface area contributed by atoms with Crippen LogP contribution in [0.4, 0.5) is 4.79 Å². The molecule has 0 bridgehead atoms. The van der Waals surface area contributed by atoms with E-state index in [1.165, 1.54) is 4.90 Å². The smallest absolute Gasteiger partial charge is 0.411 e. The van der Waals surface area contributed by atoms with Crippen molar-refractivity contribution in [3.8, 4) is 0 Å². The second kappa shape index (κ2) is 5.02. The monoisotopic (exact) mass is 269 g/mol. The fourth-order valence-corrected chi connectivity index (χ4v) is 3.26. The van der Waals surface area contributed by atoms with Gasteiger partial charge in [0.1, 0.15) is 11.6 Å². The van der Waals surface area contributed by atoms with Gasteiger partial charge in [0.05, 0.1) is 0 Å². The van der Waals surface area contributed by atoms with Crippen LogP contribution in [0.5, 0.6) is 0 Å². The lowest BCUT2D eigenvalue weighted by molar-refractivity contribution is -0.142. The van der Waals surface area contributed by atoms with Crippen LogP contribution in [-0.4, -0.2) is 39.8 Å². The van der Waals surface area contributed by atoms with Gasteiger partial charge in [0.2, 0.25) is 0 Å². The lowest BCUT2D eigenvalue weighted by atomic mass is 9.85. The third-order valence-electron chi connectivity index (χ3n) is 3.98. The topological polar surface area (TPSA) is 66.8 Å². The Balaban J connectivity index is 2.17. The van der Waals surface area contributed by atoms with E-state index in [1.807, 2.05) is 0 Å². The first-order chi connectivity index (χ1) is 8.79. The van der Waals surface area contributed by atoms with Crippen LogP contribution in [0.2, 0.25) is 0 Å². The van der Waals surface area contributed by atoms with Gasteiger partial charge in [0.25, 0.3) is 0 Å². The Morgan fingerprint density at radius 3 is 2.42 bits per heavy atom. The van der Waals surface area contributed by atoms with Crippen LogP contribution in [0, 0.1) is 5.92 Å². The first kappa shape index (κ1) is 14.2. The van der Waals surface area contributed by atoms with Gasteiger partial charge in [-0.1, -0.05) is 12.8 Å². The van der Waals surface area contributed by atoms with Crippen molar-refractivity contribution in [1.82, 2.24) is 4.90 Å². The van der Waals surface area contributed by atoms with Gasteiger partial charge in [-0.2, -0.15) is 0 Å². The molecule has 1 aliphatic heterocycles. The standard InChI is InChI=1S/C14H23NO4/c1-14(2,3)19-13(18)15-10-7-5-4-6-9(10)8-11(15)12(16)17/h9-11H,4-8H2,1-3H3,(H,16,17)/t9-,10-,11?/m1/s1. The van der Waals surface area contributed by atoms with Crippen molar-refractivity contribution in [2.24, 2.45) is 5.92 Å². The molecule has 108 valence electrons. The first-order valence-corrected chi connectivity index (χ1v) is 7.04. The minimum absolute atomic E-state index is 0.0460. The minimum atomic E-state index is -0.916. The molecule has 0 aromatic heterocycles. The van der Waals surface area contributed by atoms with Crippen molar-refractivity contribution in [1.29, 1.82) is 0 Å². The predicted molar refractivity (Wildman–Crippen MR) is 69.9 cm³/mol. The summed E-state index contributed by atoms with van der Waals surface area (Å²) in [6, 6.07) is -0.673. The quantitative estimate of drug-likeness (QED) is 0.794. The van der Waals surface area contributed by atoms with Crippen LogP contribution in [0.15, 0.2) is 0 Å². The van der Waals surface area contributed by atoms with Gasteiger partial charge < -0.3 is 9.84 Å². The third-order valence-corrected chi connectivity index (χ3v) is 3.98. The van der Waals surface area contributed by atoms with E-state index in [0.717, 1.165) is 25.7 Å². The fourth-order valence-electron chi connectivity index (χ4n) is 3.26. The van der Waals surface area contributed by atoms with Crippen molar-refractivity contribution < 1.29 is 19.4 Å². The first-order valence-electron chi connectivity index (χ1n) is 7.04. The molecule has 1 unspecified atom stereocenters. The second-order valence-corrected chi connectivity index (χ2v) is 6.59. The van der Waals surface area contributed by atoms with Gasteiger partial charge in [-0.25, -0.2) is 9.59 Å². The summed E-state index contributed by atoms with van der Waals surface area (Å²) in [7, 11) is 0. The largest absolute Gasteiger partial charge is 0.480 e. The molecule has 1 amide bonds. The zero-order chi connectivity index (χ0) is 14.2. The van der Waals surface area contributed by atoms with Crippen molar-refractivity contribution >= 4 is 12.1 Å². The van der Waals surface area contributed by atoms with Crippen LogP contribution < -0.4 is 0 Å². The number of carbonyl (C=O) groups is 2. The number of aliphatic carboxylic acids is 1. The summed E-state index contributed by atoms with van der Waals surface area (Å²) in [4.78, 5) is 25.1. The number of carboxylic acids is 1. The molecule has 1 saturated heterocycles. The van der Waals surface area contributed by atoms with E-state index < -0.39 is 23.7 Å². The minimum Gasteiger partial charge on any atom is -0.480 e.